The molecule has 0 atom stereocenters. The summed E-state index contributed by atoms with van der Waals surface area (Å²) in [7, 11) is 3.09. The number of carbonyl (C=O) groups excluding carboxylic acids is 1. The molecule has 0 aliphatic rings. The molecule has 2 rings (SSSR count). The van der Waals surface area contributed by atoms with Crippen LogP contribution in [0.3, 0.4) is 0 Å². The van der Waals surface area contributed by atoms with Crippen LogP contribution in [0, 0.1) is 5.82 Å². The Bertz CT molecular complexity index is 624. The molecule has 1 aromatic heterocycles. The first kappa shape index (κ1) is 12.9. The molecule has 1 aromatic carbocycles. The average Bonchev–Trinajstić information content (AvgIpc) is 2.71. The number of methoxy groups -OCH3 is 1. The molecule has 0 spiro atoms. The number of aryl methyl sites for hydroxylation is 1. The van der Waals surface area contributed by atoms with E-state index in [0.29, 0.717) is 5.75 Å². The van der Waals surface area contributed by atoms with E-state index in [4.69, 9.17) is 10.5 Å². The maximum absolute atomic E-state index is 13.6. The summed E-state index contributed by atoms with van der Waals surface area (Å²) >= 11 is 0. The van der Waals surface area contributed by atoms with Gasteiger partial charge in [0.1, 0.15) is 11.6 Å². The summed E-state index contributed by atoms with van der Waals surface area (Å²) in [4.78, 5) is 11.9. The second-order valence-electron chi connectivity index (χ2n) is 3.91. The van der Waals surface area contributed by atoms with Gasteiger partial charge in [0, 0.05) is 19.3 Å². The topological polar surface area (TPSA) is 82.2 Å². The van der Waals surface area contributed by atoms with Crippen LogP contribution in [-0.4, -0.2) is 22.8 Å². The zero-order chi connectivity index (χ0) is 14.0. The molecule has 3 N–H and O–H groups in total. The number of carbonyl (C=O) groups is 1. The van der Waals surface area contributed by atoms with Gasteiger partial charge in [0.25, 0.3) is 5.91 Å². The van der Waals surface area contributed by atoms with Gasteiger partial charge in [0.2, 0.25) is 0 Å². The quantitative estimate of drug-likeness (QED) is 0.878. The van der Waals surface area contributed by atoms with Crippen LogP contribution in [0.15, 0.2) is 24.4 Å². The Balaban J connectivity index is 2.26. The summed E-state index contributed by atoms with van der Waals surface area (Å²) in [5.74, 6) is -0.709. The molecule has 7 heteroatoms. The van der Waals surface area contributed by atoms with E-state index in [9.17, 15) is 9.18 Å². The normalized spacial score (nSPS) is 10.3. The lowest BCUT2D eigenvalue weighted by atomic mass is 10.2. The number of benzene rings is 1. The van der Waals surface area contributed by atoms with Crippen molar-refractivity contribution in [3.8, 4) is 5.75 Å². The van der Waals surface area contributed by atoms with Crippen molar-refractivity contribution in [3.63, 3.8) is 0 Å². The number of nitrogens with two attached hydrogens (primary N) is 1. The molecule has 0 bridgehead atoms. The van der Waals surface area contributed by atoms with Crippen molar-refractivity contribution in [2.24, 2.45) is 7.05 Å². The van der Waals surface area contributed by atoms with E-state index < -0.39 is 11.7 Å². The number of nitrogen functional groups attached to an aromatic ring is 1. The fourth-order valence-electron chi connectivity index (χ4n) is 1.59. The van der Waals surface area contributed by atoms with Crippen LogP contribution in [-0.2, 0) is 7.05 Å². The van der Waals surface area contributed by atoms with E-state index in [1.165, 1.54) is 36.2 Å². The van der Waals surface area contributed by atoms with E-state index in [1.807, 2.05) is 0 Å². The summed E-state index contributed by atoms with van der Waals surface area (Å²) in [6.07, 6.45) is 1.50. The lowest BCUT2D eigenvalue weighted by Gasteiger charge is -2.07. The average molecular weight is 264 g/mol. The Morgan fingerprint density at radius 1 is 1.53 bits per heavy atom. The zero-order valence-electron chi connectivity index (χ0n) is 10.5. The number of nitrogens with zero attached hydrogens (tertiary/aromatic N) is 2. The summed E-state index contributed by atoms with van der Waals surface area (Å²) < 4.78 is 19.9. The molecule has 1 heterocycles. The Kier molecular flexibility index (Phi) is 3.37. The highest BCUT2D eigenvalue weighted by Gasteiger charge is 2.16. The zero-order valence-corrected chi connectivity index (χ0v) is 10.5. The van der Waals surface area contributed by atoms with Crippen LogP contribution >= 0.6 is 0 Å². The summed E-state index contributed by atoms with van der Waals surface area (Å²) in [5.41, 5.74) is 5.91. The molecular weight excluding hydrogens is 251 g/mol. The van der Waals surface area contributed by atoms with E-state index in [2.05, 4.69) is 10.4 Å². The van der Waals surface area contributed by atoms with Gasteiger partial charge >= 0.3 is 0 Å². The molecule has 0 saturated carbocycles. The predicted octanol–water partition coefficient (Wildman–Crippen LogP) is 1.40. The monoisotopic (exact) mass is 264 g/mol. The third-order valence-corrected chi connectivity index (χ3v) is 2.49. The Morgan fingerprint density at radius 3 is 2.84 bits per heavy atom. The molecule has 100 valence electrons. The van der Waals surface area contributed by atoms with Crippen molar-refractivity contribution >= 4 is 17.3 Å². The number of amides is 1. The summed E-state index contributed by atoms with van der Waals surface area (Å²) in [6, 6.07) is 4.04. The number of hydrogen-bond donors (Lipinski definition) is 2. The molecule has 1 amide bonds. The van der Waals surface area contributed by atoms with Crippen molar-refractivity contribution in [1.82, 2.24) is 9.78 Å². The molecule has 0 aliphatic carbocycles. The first-order chi connectivity index (χ1) is 9.01. The van der Waals surface area contributed by atoms with E-state index in [0.717, 1.165) is 0 Å². The minimum Gasteiger partial charge on any atom is -0.497 e. The standard InChI is InChI=1S/C12H13FN4O2/c1-17-6-9(14)11(16-17)12(18)15-10-5-7(19-2)3-4-8(10)13/h3-6H,14H2,1-2H3,(H,15,18). The lowest BCUT2D eigenvalue weighted by Crippen LogP contribution is -2.15. The van der Waals surface area contributed by atoms with Crippen molar-refractivity contribution in [1.29, 1.82) is 0 Å². The first-order valence-corrected chi connectivity index (χ1v) is 5.45. The molecule has 0 saturated heterocycles. The van der Waals surface area contributed by atoms with Crippen molar-refractivity contribution in [3.05, 3.63) is 35.9 Å². The summed E-state index contributed by atoms with van der Waals surface area (Å²) in [6.45, 7) is 0. The first-order valence-electron chi connectivity index (χ1n) is 5.45. The van der Waals surface area contributed by atoms with Gasteiger partial charge < -0.3 is 15.8 Å². The number of anilines is 2. The molecule has 2 aromatic rings. The SMILES string of the molecule is COc1ccc(F)c(NC(=O)c2nn(C)cc2N)c1. The highest BCUT2D eigenvalue weighted by molar-refractivity contribution is 6.06. The highest BCUT2D eigenvalue weighted by Crippen LogP contribution is 2.22. The number of hydrogen-bond acceptors (Lipinski definition) is 4. The minimum atomic E-state index is -0.578. The van der Waals surface area contributed by atoms with E-state index in [-0.39, 0.29) is 17.1 Å². The van der Waals surface area contributed by atoms with Gasteiger partial charge in [-0.2, -0.15) is 5.10 Å². The number of rotatable bonds is 3. The van der Waals surface area contributed by atoms with Gasteiger partial charge in [0.05, 0.1) is 18.5 Å². The Labute approximate surface area is 109 Å². The Morgan fingerprint density at radius 2 is 2.26 bits per heavy atom. The number of nitrogens with one attached hydrogen (secondary N) is 1. The molecule has 0 unspecified atom stereocenters. The van der Waals surface area contributed by atoms with Gasteiger partial charge in [-0.15, -0.1) is 0 Å². The van der Waals surface area contributed by atoms with Crippen molar-refractivity contribution < 1.29 is 13.9 Å². The molecule has 0 radical (unpaired) electrons. The van der Waals surface area contributed by atoms with Crippen LogP contribution in [0.4, 0.5) is 15.8 Å². The van der Waals surface area contributed by atoms with Crippen LogP contribution < -0.4 is 15.8 Å². The largest absolute Gasteiger partial charge is 0.497 e. The highest BCUT2D eigenvalue weighted by atomic mass is 19.1. The van der Waals surface area contributed by atoms with Crippen LogP contribution in [0.25, 0.3) is 0 Å². The van der Waals surface area contributed by atoms with Gasteiger partial charge in [-0.05, 0) is 12.1 Å². The second kappa shape index (κ2) is 4.97. The summed E-state index contributed by atoms with van der Waals surface area (Å²) in [5, 5.41) is 6.31. The van der Waals surface area contributed by atoms with Gasteiger partial charge in [0.15, 0.2) is 5.69 Å². The van der Waals surface area contributed by atoms with Crippen LogP contribution in [0.5, 0.6) is 5.75 Å². The molecule has 0 fully saturated rings. The third-order valence-electron chi connectivity index (χ3n) is 2.49. The second-order valence-corrected chi connectivity index (χ2v) is 3.91. The van der Waals surface area contributed by atoms with Gasteiger partial charge in [-0.3, -0.25) is 9.48 Å². The molecule has 19 heavy (non-hydrogen) atoms. The van der Waals surface area contributed by atoms with E-state index in [1.54, 1.807) is 7.05 Å². The van der Waals surface area contributed by atoms with Crippen LogP contribution in [0.1, 0.15) is 10.5 Å². The van der Waals surface area contributed by atoms with Gasteiger partial charge in [-0.25, -0.2) is 4.39 Å². The van der Waals surface area contributed by atoms with Gasteiger partial charge in [-0.1, -0.05) is 0 Å². The minimum absolute atomic E-state index is 0.00871. The number of aromatic nitrogens is 2. The van der Waals surface area contributed by atoms with Crippen molar-refractivity contribution in [2.75, 3.05) is 18.2 Å². The van der Waals surface area contributed by atoms with Crippen LogP contribution in [0.2, 0.25) is 0 Å². The molecule has 6 nitrogen and oxygen atoms in total. The smallest absolute Gasteiger partial charge is 0.278 e. The van der Waals surface area contributed by atoms with E-state index >= 15 is 0 Å². The number of halogens is 1. The Hall–Kier alpha value is -2.57. The van der Waals surface area contributed by atoms with Crippen molar-refractivity contribution in [2.45, 2.75) is 0 Å². The molecule has 0 aliphatic heterocycles. The molecular formula is C12H13FN4O2. The third kappa shape index (κ3) is 2.65. The lowest BCUT2D eigenvalue weighted by molar-refractivity contribution is 0.102. The fourth-order valence-corrected chi connectivity index (χ4v) is 1.59. The maximum Gasteiger partial charge on any atom is 0.278 e. The number of ether oxygens (including phenoxy) is 1. The fraction of sp³-hybridized carbons (Fsp3) is 0.167. The maximum atomic E-state index is 13.6. The predicted molar refractivity (Wildman–Crippen MR) is 68.5 cm³/mol.